The first-order valence-corrected chi connectivity index (χ1v) is 7.33. The van der Waals surface area contributed by atoms with Crippen LogP contribution in [0.5, 0.6) is 0 Å². The number of anilines is 1. The van der Waals surface area contributed by atoms with Crippen LogP contribution in [0.4, 0.5) is 5.69 Å². The molecule has 102 valence electrons. The minimum Gasteiger partial charge on any atom is -0.375 e. The first-order chi connectivity index (χ1) is 8.52. The van der Waals surface area contributed by atoms with E-state index in [9.17, 15) is 0 Å². The van der Waals surface area contributed by atoms with E-state index in [-0.39, 0.29) is 0 Å². The number of benzene rings is 1. The monoisotopic (exact) mass is 247 g/mol. The summed E-state index contributed by atoms with van der Waals surface area (Å²) >= 11 is 0. The molecule has 0 aliphatic carbocycles. The van der Waals surface area contributed by atoms with Crippen molar-refractivity contribution < 1.29 is 0 Å². The minimum absolute atomic E-state index is 0.735. The molecule has 1 aromatic rings. The lowest BCUT2D eigenvalue weighted by Crippen LogP contribution is -2.20. The average molecular weight is 247 g/mol. The van der Waals surface area contributed by atoms with Gasteiger partial charge in [0.2, 0.25) is 0 Å². The van der Waals surface area contributed by atoms with Crippen molar-refractivity contribution in [3.63, 3.8) is 0 Å². The molecule has 0 saturated heterocycles. The van der Waals surface area contributed by atoms with E-state index in [0.717, 1.165) is 18.4 Å². The second-order valence-electron chi connectivity index (χ2n) is 5.99. The molecule has 1 nitrogen and oxygen atoms in total. The normalized spacial score (nSPS) is 12.8. The van der Waals surface area contributed by atoms with Gasteiger partial charge in [-0.05, 0) is 42.4 Å². The smallest absolute Gasteiger partial charge is 0.0363 e. The fourth-order valence-electron chi connectivity index (χ4n) is 2.11. The summed E-state index contributed by atoms with van der Waals surface area (Å²) in [7, 11) is 2.19. The molecular formula is C17H29N. The third kappa shape index (κ3) is 5.12. The molecule has 0 heterocycles. The van der Waals surface area contributed by atoms with Gasteiger partial charge in [-0.15, -0.1) is 0 Å². The van der Waals surface area contributed by atoms with Gasteiger partial charge in [0, 0.05) is 19.3 Å². The molecule has 0 radical (unpaired) electrons. The molecule has 1 unspecified atom stereocenters. The lowest BCUT2D eigenvalue weighted by molar-refractivity contribution is 0.518. The SMILES string of the molecule is CCC(C)CCN(C)c1ccc(CC(C)C)cc1. The van der Waals surface area contributed by atoms with Crippen molar-refractivity contribution in [1.82, 2.24) is 0 Å². The zero-order valence-corrected chi connectivity index (χ0v) is 12.7. The van der Waals surface area contributed by atoms with Crippen molar-refractivity contribution in [3.05, 3.63) is 29.8 Å². The highest BCUT2D eigenvalue weighted by atomic mass is 15.1. The van der Waals surface area contributed by atoms with Crippen LogP contribution in [-0.4, -0.2) is 13.6 Å². The van der Waals surface area contributed by atoms with Gasteiger partial charge in [0.25, 0.3) is 0 Å². The summed E-state index contributed by atoms with van der Waals surface area (Å²) in [5.41, 5.74) is 2.79. The Labute approximate surface area is 113 Å². The number of rotatable bonds is 7. The molecule has 0 aromatic heterocycles. The summed E-state index contributed by atoms with van der Waals surface area (Å²) in [6, 6.07) is 9.06. The maximum Gasteiger partial charge on any atom is 0.0363 e. The van der Waals surface area contributed by atoms with Gasteiger partial charge in [-0.25, -0.2) is 0 Å². The van der Waals surface area contributed by atoms with Crippen LogP contribution in [0, 0.1) is 11.8 Å². The Balaban J connectivity index is 2.50. The van der Waals surface area contributed by atoms with Crippen molar-refractivity contribution >= 4 is 5.69 Å². The molecule has 0 saturated carbocycles. The van der Waals surface area contributed by atoms with Crippen LogP contribution in [0.15, 0.2) is 24.3 Å². The van der Waals surface area contributed by atoms with Crippen molar-refractivity contribution in [2.75, 3.05) is 18.5 Å². The predicted molar refractivity (Wildman–Crippen MR) is 82.3 cm³/mol. The maximum absolute atomic E-state index is 2.37. The van der Waals surface area contributed by atoms with Gasteiger partial charge in [-0.1, -0.05) is 46.2 Å². The highest BCUT2D eigenvalue weighted by Crippen LogP contribution is 2.17. The quantitative estimate of drug-likeness (QED) is 0.671. The van der Waals surface area contributed by atoms with Gasteiger partial charge in [0.05, 0.1) is 0 Å². The van der Waals surface area contributed by atoms with E-state index in [2.05, 4.69) is 63.9 Å². The van der Waals surface area contributed by atoms with Gasteiger partial charge in [-0.3, -0.25) is 0 Å². The Bertz CT molecular complexity index is 326. The molecule has 0 fully saturated rings. The number of nitrogens with zero attached hydrogens (tertiary/aromatic N) is 1. The van der Waals surface area contributed by atoms with Gasteiger partial charge < -0.3 is 4.90 Å². The van der Waals surface area contributed by atoms with E-state index in [1.165, 1.54) is 30.5 Å². The Morgan fingerprint density at radius 3 is 2.17 bits per heavy atom. The molecule has 0 amide bonds. The molecule has 1 rings (SSSR count). The molecule has 1 atom stereocenters. The maximum atomic E-state index is 2.37. The van der Waals surface area contributed by atoms with Crippen LogP contribution in [0.3, 0.4) is 0 Å². The third-order valence-corrected chi connectivity index (χ3v) is 3.68. The summed E-state index contributed by atoms with van der Waals surface area (Å²) in [5.74, 6) is 1.56. The number of hydrogen-bond acceptors (Lipinski definition) is 1. The minimum atomic E-state index is 0.735. The third-order valence-electron chi connectivity index (χ3n) is 3.68. The molecular weight excluding hydrogens is 218 g/mol. The van der Waals surface area contributed by atoms with Gasteiger partial charge >= 0.3 is 0 Å². The van der Waals surface area contributed by atoms with E-state index in [1.54, 1.807) is 0 Å². The first-order valence-electron chi connectivity index (χ1n) is 7.33. The summed E-state index contributed by atoms with van der Waals surface area (Å²) in [4.78, 5) is 2.37. The van der Waals surface area contributed by atoms with Gasteiger partial charge in [-0.2, -0.15) is 0 Å². The van der Waals surface area contributed by atoms with Crippen LogP contribution in [-0.2, 0) is 6.42 Å². The van der Waals surface area contributed by atoms with E-state index in [1.807, 2.05) is 0 Å². The van der Waals surface area contributed by atoms with Crippen LogP contribution >= 0.6 is 0 Å². The second-order valence-corrected chi connectivity index (χ2v) is 5.99. The average Bonchev–Trinajstić information content (AvgIpc) is 2.35. The topological polar surface area (TPSA) is 3.24 Å². The van der Waals surface area contributed by atoms with Crippen LogP contribution in [0.25, 0.3) is 0 Å². The Kier molecular flexibility index (Phi) is 6.24. The molecule has 0 bridgehead atoms. The van der Waals surface area contributed by atoms with E-state index < -0.39 is 0 Å². The number of hydrogen-bond donors (Lipinski definition) is 0. The van der Waals surface area contributed by atoms with Crippen molar-refractivity contribution in [2.45, 2.75) is 47.0 Å². The Hall–Kier alpha value is -0.980. The van der Waals surface area contributed by atoms with Crippen LogP contribution in [0.2, 0.25) is 0 Å². The molecule has 0 aliphatic heterocycles. The van der Waals surface area contributed by atoms with Gasteiger partial charge in [0.15, 0.2) is 0 Å². The summed E-state index contributed by atoms with van der Waals surface area (Å²) < 4.78 is 0. The predicted octanol–water partition coefficient (Wildman–Crippen LogP) is 4.76. The largest absolute Gasteiger partial charge is 0.375 e. The molecule has 1 aromatic carbocycles. The van der Waals surface area contributed by atoms with Gasteiger partial charge in [0.1, 0.15) is 0 Å². The standard InChI is InChI=1S/C17H29N/c1-6-15(4)11-12-18(5)17-9-7-16(8-10-17)13-14(2)3/h7-10,14-15H,6,11-13H2,1-5H3. The highest BCUT2D eigenvalue weighted by molar-refractivity contribution is 5.46. The molecule has 1 heteroatoms. The van der Waals surface area contributed by atoms with Crippen molar-refractivity contribution in [3.8, 4) is 0 Å². The lowest BCUT2D eigenvalue weighted by Gasteiger charge is -2.21. The lowest BCUT2D eigenvalue weighted by atomic mass is 10.0. The summed E-state index contributed by atoms with van der Waals surface area (Å²) in [6.45, 7) is 10.3. The Morgan fingerprint density at radius 2 is 1.67 bits per heavy atom. The molecule has 0 N–H and O–H groups in total. The van der Waals surface area contributed by atoms with Crippen LogP contribution < -0.4 is 4.90 Å². The van der Waals surface area contributed by atoms with Crippen molar-refractivity contribution in [2.24, 2.45) is 11.8 Å². The molecule has 18 heavy (non-hydrogen) atoms. The Morgan fingerprint density at radius 1 is 1.06 bits per heavy atom. The summed E-state index contributed by atoms with van der Waals surface area (Å²) in [5, 5.41) is 0. The fourth-order valence-corrected chi connectivity index (χ4v) is 2.11. The van der Waals surface area contributed by atoms with E-state index >= 15 is 0 Å². The molecule has 0 spiro atoms. The summed E-state index contributed by atoms with van der Waals surface area (Å²) in [6.07, 6.45) is 3.73. The second kappa shape index (κ2) is 7.45. The van der Waals surface area contributed by atoms with Crippen molar-refractivity contribution in [1.29, 1.82) is 0 Å². The van der Waals surface area contributed by atoms with Crippen LogP contribution in [0.1, 0.15) is 46.1 Å². The van der Waals surface area contributed by atoms with E-state index in [0.29, 0.717) is 0 Å². The fraction of sp³-hybridized carbons (Fsp3) is 0.647. The zero-order valence-electron chi connectivity index (χ0n) is 12.7. The highest BCUT2D eigenvalue weighted by Gasteiger charge is 2.04. The zero-order chi connectivity index (χ0) is 13.5. The first kappa shape index (κ1) is 15.1. The van der Waals surface area contributed by atoms with E-state index in [4.69, 9.17) is 0 Å². The molecule has 0 aliphatic rings.